The summed E-state index contributed by atoms with van der Waals surface area (Å²) in [7, 11) is 1.78. The first kappa shape index (κ1) is 18.8. The summed E-state index contributed by atoms with van der Waals surface area (Å²) in [5, 5.41) is 0.493. The number of benzene rings is 1. The van der Waals surface area contributed by atoms with Crippen LogP contribution in [0.1, 0.15) is 19.7 Å². The molecule has 130 valence electrons. The van der Waals surface area contributed by atoms with Crippen LogP contribution in [0, 0.1) is 0 Å². The number of amides is 1. The number of oxazole rings is 1. The molecule has 1 aromatic carbocycles. The van der Waals surface area contributed by atoms with Gasteiger partial charge in [0.05, 0.1) is 17.2 Å². The largest absolute Gasteiger partial charge is 0.440 e. The Morgan fingerprint density at radius 2 is 2.04 bits per heavy atom. The fraction of sp³-hybridized carbons (Fsp3) is 0.412. The van der Waals surface area contributed by atoms with E-state index in [1.54, 1.807) is 18.1 Å². The molecular weight excluding hydrogens is 346 g/mol. The summed E-state index contributed by atoms with van der Waals surface area (Å²) >= 11 is 7.38. The number of carbonyl (C=O) groups is 1. The Balaban J connectivity index is 1.93. The van der Waals surface area contributed by atoms with Gasteiger partial charge in [0, 0.05) is 30.2 Å². The smallest absolute Gasteiger partial charge is 0.235 e. The summed E-state index contributed by atoms with van der Waals surface area (Å²) in [4.78, 5) is 18.3. The molecule has 2 N–H and O–H groups in total. The SMILES string of the molecule is CC(SCc1ncc(-c2ccc(Cl)cc2)o1)C(=O)N(C)C(C)CN. The van der Waals surface area contributed by atoms with Crippen LogP contribution in [0.4, 0.5) is 0 Å². The normalized spacial score (nSPS) is 13.5. The molecule has 0 spiro atoms. The van der Waals surface area contributed by atoms with E-state index in [2.05, 4.69) is 4.98 Å². The van der Waals surface area contributed by atoms with Crippen LogP contribution in [0.2, 0.25) is 5.02 Å². The Bertz CT molecular complexity index is 675. The number of likely N-dealkylation sites (N-methyl/N-ethyl adjacent to an activating group) is 1. The monoisotopic (exact) mass is 367 g/mol. The summed E-state index contributed by atoms with van der Waals surface area (Å²) in [5.74, 6) is 1.88. The van der Waals surface area contributed by atoms with Crippen molar-refractivity contribution < 1.29 is 9.21 Å². The molecule has 0 saturated heterocycles. The van der Waals surface area contributed by atoms with Crippen LogP contribution in [0.5, 0.6) is 0 Å². The van der Waals surface area contributed by atoms with Gasteiger partial charge < -0.3 is 15.1 Å². The van der Waals surface area contributed by atoms with Gasteiger partial charge in [0.15, 0.2) is 5.76 Å². The van der Waals surface area contributed by atoms with Crippen molar-refractivity contribution in [2.45, 2.75) is 30.9 Å². The molecule has 1 aromatic heterocycles. The van der Waals surface area contributed by atoms with E-state index < -0.39 is 0 Å². The van der Waals surface area contributed by atoms with Crippen molar-refractivity contribution >= 4 is 29.3 Å². The van der Waals surface area contributed by atoms with E-state index in [4.69, 9.17) is 21.8 Å². The number of nitrogens with zero attached hydrogens (tertiary/aromatic N) is 2. The molecule has 0 bridgehead atoms. The second kappa shape index (κ2) is 8.55. The van der Waals surface area contributed by atoms with E-state index in [0.29, 0.717) is 29.0 Å². The van der Waals surface area contributed by atoms with Gasteiger partial charge >= 0.3 is 0 Å². The third-order valence-corrected chi connectivity index (χ3v) is 5.20. The van der Waals surface area contributed by atoms with E-state index in [1.165, 1.54) is 11.8 Å². The number of nitrogens with two attached hydrogens (primary N) is 1. The summed E-state index contributed by atoms with van der Waals surface area (Å²) in [6, 6.07) is 7.41. The van der Waals surface area contributed by atoms with Crippen molar-refractivity contribution in [3.8, 4) is 11.3 Å². The fourth-order valence-electron chi connectivity index (χ4n) is 2.05. The Morgan fingerprint density at radius 3 is 2.67 bits per heavy atom. The van der Waals surface area contributed by atoms with Gasteiger partial charge in [-0.3, -0.25) is 4.79 Å². The Hall–Kier alpha value is -1.50. The van der Waals surface area contributed by atoms with Crippen molar-refractivity contribution in [1.29, 1.82) is 0 Å². The number of rotatable bonds is 7. The molecule has 2 rings (SSSR count). The number of carbonyl (C=O) groups excluding carboxylic acids is 1. The fourth-order valence-corrected chi connectivity index (χ4v) is 3.02. The van der Waals surface area contributed by atoms with E-state index in [1.807, 2.05) is 38.1 Å². The maximum Gasteiger partial charge on any atom is 0.235 e. The van der Waals surface area contributed by atoms with Crippen LogP contribution in [-0.4, -0.2) is 40.7 Å². The van der Waals surface area contributed by atoms with E-state index in [-0.39, 0.29) is 17.2 Å². The molecule has 0 aliphatic carbocycles. The van der Waals surface area contributed by atoms with E-state index >= 15 is 0 Å². The van der Waals surface area contributed by atoms with Gasteiger partial charge in [-0.2, -0.15) is 0 Å². The second-order valence-corrected chi connectivity index (χ2v) is 7.38. The lowest BCUT2D eigenvalue weighted by molar-refractivity contribution is -0.130. The Labute approximate surface area is 151 Å². The summed E-state index contributed by atoms with van der Waals surface area (Å²) in [5.41, 5.74) is 6.53. The van der Waals surface area contributed by atoms with E-state index in [0.717, 1.165) is 5.56 Å². The summed E-state index contributed by atoms with van der Waals surface area (Å²) < 4.78 is 5.75. The van der Waals surface area contributed by atoms with Gasteiger partial charge in [-0.05, 0) is 38.1 Å². The highest BCUT2D eigenvalue weighted by Gasteiger charge is 2.21. The van der Waals surface area contributed by atoms with Crippen molar-refractivity contribution in [3.63, 3.8) is 0 Å². The minimum Gasteiger partial charge on any atom is -0.440 e. The predicted octanol–water partition coefficient (Wildman–Crippen LogP) is 3.42. The molecule has 7 heteroatoms. The first-order chi connectivity index (χ1) is 11.4. The lowest BCUT2D eigenvalue weighted by Gasteiger charge is -2.26. The zero-order valence-corrected chi connectivity index (χ0v) is 15.6. The van der Waals surface area contributed by atoms with Crippen molar-refractivity contribution in [2.24, 2.45) is 5.73 Å². The Morgan fingerprint density at radius 1 is 1.38 bits per heavy atom. The highest BCUT2D eigenvalue weighted by atomic mass is 35.5. The zero-order chi connectivity index (χ0) is 17.7. The van der Waals surface area contributed by atoms with Crippen LogP contribution >= 0.6 is 23.4 Å². The van der Waals surface area contributed by atoms with Crippen molar-refractivity contribution in [3.05, 3.63) is 41.4 Å². The molecule has 0 fully saturated rings. The number of hydrogen-bond donors (Lipinski definition) is 1. The predicted molar refractivity (Wildman–Crippen MR) is 99.0 cm³/mol. The standard InChI is InChI=1S/C17H22ClN3O2S/c1-11(8-19)21(3)17(22)12(2)24-10-16-20-9-15(23-16)13-4-6-14(18)7-5-13/h4-7,9,11-12H,8,10,19H2,1-3H3. The number of aromatic nitrogens is 1. The molecule has 5 nitrogen and oxygen atoms in total. The van der Waals surface area contributed by atoms with Crippen molar-refractivity contribution in [2.75, 3.05) is 13.6 Å². The number of hydrogen-bond acceptors (Lipinski definition) is 5. The maximum absolute atomic E-state index is 12.3. The summed E-state index contributed by atoms with van der Waals surface area (Å²) in [6.45, 7) is 4.27. The number of thioether (sulfide) groups is 1. The zero-order valence-electron chi connectivity index (χ0n) is 14.0. The lowest BCUT2D eigenvalue weighted by atomic mass is 10.2. The topological polar surface area (TPSA) is 72.4 Å². The third kappa shape index (κ3) is 4.75. The average molecular weight is 368 g/mol. The van der Waals surface area contributed by atoms with Crippen LogP contribution < -0.4 is 5.73 Å². The summed E-state index contributed by atoms with van der Waals surface area (Å²) in [6.07, 6.45) is 1.69. The first-order valence-electron chi connectivity index (χ1n) is 7.71. The van der Waals surface area contributed by atoms with Crippen molar-refractivity contribution in [1.82, 2.24) is 9.88 Å². The minimum absolute atomic E-state index is 0.0267. The maximum atomic E-state index is 12.3. The molecule has 2 atom stereocenters. The van der Waals surface area contributed by atoms with Gasteiger partial charge in [0.1, 0.15) is 0 Å². The van der Waals surface area contributed by atoms with Crippen LogP contribution in [-0.2, 0) is 10.5 Å². The molecular formula is C17H22ClN3O2S. The van der Waals surface area contributed by atoms with Crippen LogP contribution in [0.3, 0.4) is 0 Å². The Kier molecular flexibility index (Phi) is 6.71. The molecule has 0 aliphatic rings. The first-order valence-corrected chi connectivity index (χ1v) is 9.14. The van der Waals surface area contributed by atoms with Gasteiger partial charge in [-0.15, -0.1) is 11.8 Å². The van der Waals surface area contributed by atoms with Gasteiger partial charge in [0.25, 0.3) is 0 Å². The second-order valence-electron chi connectivity index (χ2n) is 5.61. The molecule has 1 heterocycles. The third-order valence-electron chi connectivity index (χ3n) is 3.84. The van der Waals surface area contributed by atoms with E-state index in [9.17, 15) is 4.79 Å². The molecule has 1 amide bonds. The molecule has 0 saturated carbocycles. The highest BCUT2D eigenvalue weighted by molar-refractivity contribution is 7.99. The number of halogens is 1. The molecule has 2 unspecified atom stereocenters. The molecule has 24 heavy (non-hydrogen) atoms. The average Bonchev–Trinajstić information content (AvgIpc) is 3.07. The lowest BCUT2D eigenvalue weighted by Crippen LogP contribution is -2.43. The minimum atomic E-state index is -0.185. The quantitative estimate of drug-likeness (QED) is 0.811. The molecule has 0 radical (unpaired) electrons. The van der Waals surface area contributed by atoms with Gasteiger partial charge in [-0.25, -0.2) is 4.98 Å². The van der Waals surface area contributed by atoms with Gasteiger partial charge in [-0.1, -0.05) is 11.6 Å². The van der Waals surface area contributed by atoms with Gasteiger partial charge in [0.2, 0.25) is 11.8 Å². The molecule has 2 aromatic rings. The van der Waals surface area contributed by atoms with Crippen LogP contribution in [0.25, 0.3) is 11.3 Å². The molecule has 0 aliphatic heterocycles. The highest BCUT2D eigenvalue weighted by Crippen LogP contribution is 2.25. The van der Waals surface area contributed by atoms with Crippen LogP contribution in [0.15, 0.2) is 34.9 Å².